The van der Waals surface area contributed by atoms with Crippen LogP contribution in [0.4, 0.5) is 5.69 Å². The van der Waals surface area contributed by atoms with Crippen molar-refractivity contribution in [2.75, 3.05) is 37.3 Å². The maximum atomic E-state index is 13.4. The predicted octanol–water partition coefficient (Wildman–Crippen LogP) is 2.01. The van der Waals surface area contributed by atoms with Gasteiger partial charge in [0.1, 0.15) is 5.69 Å². The van der Waals surface area contributed by atoms with Gasteiger partial charge in [0.05, 0.1) is 24.6 Å². The Morgan fingerprint density at radius 1 is 1.07 bits per heavy atom. The lowest BCUT2D eigenvalue weighted by molar-refractivity contribution is 0.199. The zero-order valence-corrected chi connectivity index (χ0v) is 18.2. The molecule has 162 valence electrons. The molecular formula is C20H32N4O4S. The van der Waals surface area contributed by atoms with Gasteiger partial charge in [-0.1, -0.05) is 19.8 Å². The second-order valence-corrected chi connectivity index (χ2v) is 10.8. The third-order valence-corrected chi connectivity index (χ3v) is 7.89. The average molecular weight is 425 g/mol. The van der Waals surface area contributed by atoms with E-state index in [-0.39, 0.29) is 17.7 Å². The summed E-state index contributed by atoms with van der Waals surface area (Å²) < 4.78 is 33.1. The fraction of sp³-hybridized carbons (Fsp3) is 0.800. The Kier molecular flexibility index (Phi) is 5.88. The van der Waals surface area contributed by atoms with Crippen LogP contribution >= 0.6 is 0 Å². The zero-order chi connectivity index (χ0) is 20.6. The van der Waals surface area contributed by atoms with Gasteiger partial charge in [0, 0.05) is 26.2 Å². The minimum atomic E-state index is -3.20. The number of aromatic nitrogens is 2. The molecule has 9 heteroatoms. The van der Waals surface area contributed by atoms with Crippen LogP contribution in [0.15, 0.2) is 11.0 Å². The predicted molar refractivity (Wildman–Crippen MR) is 112 cm³/mol. The van der Waals surface area contributed by atoms with E-state index in [0.29, 0.717) is 43.5 Å². The number of hydrogen-bond donors (Lipinski definition) is 0. The Balaban J connectivity index is 1.62. The molecular weight excluding hydrogens is 392 g/mol. The molecule has 4 rings (SSSR count). The number of rotatable bonds is 5. The Morgan fingerprint density at radius 2 is 1.76 bits per heavy atom. The van der Waals surface area contributed by atoms with Crippen molar-refractivity contribution in [2.45, 2.75) is 64.0 Å². The van der Waals surface area contributed by atoms with Gasteiger partial charge in [-0.05, 0) is 38.0 Å². The highest BCUT2D eigenvalue weighted by Gasteiger charge is 2.31. The summed E-state index contributed by atoms with van der Waals surface area (Å²) in [6.07, 6.45) is 10.3. The molecule has 0 aromatic carbocycles. The first-order valence-electron chi connectivity index (χ1n) is 10.8. The summed E-state index contributed by atoms with van der Waals surface area (Å²) in [4.78, 5) is 15.4. The minimum Gasteiger partial charge on any atom is -0.483 e. The average Bonchev–Trinajstić information content (AvgIpc) is 3.35. The van der Waals surface area contributed by atoms with Gasteiger partial charge < -0.3 is 9.64 Å². The Hall–Kier alpha value is -1.61. The number of anilines is 1. The summed E-state index contributed by atoms with van der Waals surface area (Å²) in [5.41, 5.74) is 0.566. The number of hydrogen-bond acceptors (Lipinski definition) is 6. The molecule has 2 atom stereocenters. The van der Waals surface area contributed by atoms with E-state index in [4.69, 9.17) is 4.74 Å². The molecule has 0 radical (unpaired) electrons. The molecule has 0 unspecified atom stereocenters. The lowest BCUT2D eigenvalue weighted by Gasteiger charge is -2.35. The van der Waals surface area contributed by atoms with Crippen LogP contribution in [0.2, 0.25) is 0 Å². The SMILES string of the molecule is C[C@H]1CC[C@H](Oc2c(N3CCN(S(C)(=O)=O)CC3)cnn(C3CCCC3)c2=O)C1. The number of ether oxygens (including phenoxy) is 1. The van der Waals surface area contributed by atoms with E-state index in [1.807, 2.05) is 4.90 Å². The van der Waals surface area contributed by atoms with Crippen molar-refractivity contribution in [1.82, 2.24) is 14.1 Å². The number of piperazine rings is 1. The van der Waals surface area contributed by atoms with E-state index in [2.05, 4.69) is 12.0 Å². The molecule has 0 N–H and O–H groups in total. The lowest BCUT2D eigenvalue weighted by Crippen LogP contribution is -2.49. The maximum absolute atomic E-state index is 13.4. The molecule has 0 spiro atoms. The third kappa shape index (κ3) is 4.45. The molecule has 3 aliphatic rings. The first kappa shape index (κ1) is 20.7. The molecule has 0 amide bonds. The number of sulfonamides is 1. The van der Waals surface area contributed by atoms with Gasteiger partial charge in [0.2, 0.25) is 15.8 Å². The standard InChI is InChI=1S/C20H32N4O4S/c1-15-7-8-17(13-15)28-19-18(22-9-11-23(12-10-22)29(2,26)27)14-21-24(20(19)25)16-5-3-4-6-16/h14-17H,3-13H2,1-2H3/t15-,17-/m0/s1. The van der Waals surface area contributed by atoms with Crippen LogP contribution in [0, 0.1) is 5.92 Å². The largest absolute Gasteiger partial charge is 0.483 e. The maximum Gasteiger partial charge on any atom is 0.311 e. The zero-order valence-electron chi connectivity index (χ0n) is 17.4. The monoisotopic (exact) mass is 424 g/mol. The summed E-state index contributed by atoms with van der Waals surface area (Å²) in [6.45, 7) is 4.09. The highest BCUT2D eigenvalue weighted by molar-refractivity contribution is 7.88. The van der Waals surface area contributed by atoms with Gasteiger partial charge in [0.15, 0.2) is 0 Å². The van der Waals surface area contributed by atoms with E-state index in [1.165, 1.54) is 10.6 Å². The molecule has 0 bridgehead atoms. The molecule has 1 saturated heterocycles. The van der Waals surface area contributed by atoms with E-state index in [0.717, 1.165) is 44.9 Å². The molecule has 29 heavy (non-hydrogen) atoms. The first-order valence-corrected chi connectivity index (χ1v) is 12.7. The van der Waals surface area contributed by atoms with Gasteiger partial charge in [-0.25, -0.2) is 13.1 Å². The minimum absolute atomic E-state index is 0.0631. The van der Waals surface area contributed by atoms with E-state index < -0.39 is 10.0 Å². The van der Waals surface area contributed by atoms with E-state index >= 15 is 0 Å². The molecule has 8 nitrogen and oxygen atoms in total. The summed E-state index contributed by atoms with van der Waals surface area (Å²) in [5.74, 6) is 1.01. The summed E-state index contributed by atoms with van der Waals surface area (Å²) in [5, 5.41) is 4.50. The van der Waals surface area contributed by atoms with Crippen LogP contribution < -0.4 is 15.2 Å². The second kappa shape index (κ2) is 8.26. The van der Waals surface area contributed by atoms with Gasteiger partial charge >= 0.3 is 5.56 Å². The molecule has 3 fully saturated rings. The van der Waals surface area contributed by atoms with Gasteiger partial charge in [-0.3, -0.25) is 4.79 Å². The topological polar surface area (TPSA) is 84.7 Å². The Labute approximate surface area is 172 Å². The van der Waals surface area contributed by atoms with Crippen molar-refractivity contribution in [3.63, 3.8) is 0 Å². The van der Waals surface area contributed by atoms with Crippen molar-refractivity contribution in [2.24, 2.45) is 5.92 Å². The van der Waals surface area contributed by atoms with Crippen molar-refractivity contribution < 1.29 is 13.2 Å². The van der Waals surface area contributed by atoms with E-state index in [9.17, 15) is 13.2 Å². The summed E-state index contributed by atoms with van der Waals surface area (Å²) in [7, 11) is -3.20. The van der Waals surface area contributed by atoms with Crippen molar-refractivity contribution in [3.05, 3.63) is 16.6 Å². The normalized spacial score (nSPS) is 26.9. The highest BCUT2D eigenvalue weighted by Crippen LogP contribution is 2.34. The highest BCUT2D eigenvalue weighted by atomic mass is 32.2. The molecule has 2 heterocycles. The fourth-order valence-electron chi connectivity index (χ4n) is 4.88. The first-order chi connectivity index (χ1) is 13.8. The molecule has 2 saturated carbocycles. The third-order valence-electron chi connectivity index (χ3n) is 6.59. The smallest absolute Gasteiger partial charge is 0.311 e. The Bertz CT molecular complexity index is 886. The summed E-state index contributed by atoms with van der Waals surface area (Å²) in [6, 6.07) is 0.156. The van der Waals surface area contributed by atoms with Crippen LogP contribution in [-0.2, 0) is 10.0 Å². The lowest BCUT2D eigenvalue weighted by atomic mass is 10.1. The Morgan fingerprint density at radius 3 is 2.34 bits per heavy atom. The van der Waals surface area contributed by atoms with Crippen molar-refractivity contribution in [3.8, 4) is 5.75 Å². The molecule has 1 aliphatic heterocycles. The fourth-order valence-corrected chi connectivity index (χ4v) is 5.70. The van der Waals surface area contributed by atoms with Gasteiger partial charge in [-0.2, -0.15) is 9.40 Å². The molecule has 2 aliphatic carbocycles. The van der Waals surface area contributed by atoms with Crippen LogP contribution in [0.1, 0.15) is 57.9 Å². The van der Waals surface area contributed by atoms with Crippen LogP contribution in [0.25, 0.3) is 0 Å². The van der Waals surface area contributed by atoms with Gasteiger partial charge in [-0.15, -0.1) is 0 Å². The van der Waals surface area contributed by atoms with Crippen LogP contribution in [0.3, 0.4) is 0 Å². The van der Waals surface area contributed by atoms with Crippen molar-refractivity contribution in [1.29, 1.82) is 0 Å². The van der Waals surface area contributed by atoms with Gasteiger partial charge in [0.25, 0.3) is 0 Å². The van der Waals surface area contributed by atoms with Crippen LogP contribution in [0.5, 0.6) is 5.75 Å². The van der Waals surface area contributed by atoms with Crippen LogP contribution in [-0.4, -0.2) is 61.0 Å². The van der Waals surface area contributed by atoms with E-state index in [1.54, 1.807) is 10.9 Å². The number of nitrogens with zero attached hydrogens (tertiary/aromatic N) is 4. The quantitative estimate of drug-likeness (QED) is 0.719. The van der Waals surface area contributed by atoms with Crippen molar-refractivity contribution >= 4 is 15.7 Å². The summed E-state index contributed by atoms with van der Waals surface area (Å²) >= 11 is 0. The second-order valence-electron chi connectivity index (χ2n) is 8.85. The molecule has 1 aromatic heterocycles. The molecule has 1 aromatic rings.